The van der Waals surface area contributed by atoms with Crippen LogP contribution in [0.15, 0.2) is 90.5 Å². The van der Waals surface area contributed by atoms with Crippen molar-refractivity contribution < 1.29 is 4.43 Å². The van der Waals surface area contributed by atoms with Crippen molar-refractivity contribution in [1.82, 2.24) is 0 Å². The van der Waals surface area contributed by atoms with E-state index in [1.165, 1.54) is 25.1 Å². The molecular formula is C31H35IOSi. The van der Waals surface area contributed by atoms with Crippen LogP contribution in [0.25, 0.3) is 0 Å². The second-order valence-electron chi connectivity index (χ2n) is 11.2. The summed E-state index contributed by atoms with van der Waals surface area (Å²) in [6, 6.07) is 29.2. The molecule has 2 aliphatic rings. The molecule has 2 aliphatic carbocycles. The Labute approximate surface area is 219 Å². The van der Waals surface area contributed by atoms with Crippen LogP contribution in [0.1, 0.15) is 58.1 Å². The second kappa shape index (κ2) is 9.07. The van der Waals surface area contributed by atoms with Crippen LogP contribution in [0.4, 0.5) is 0 Å². The van der Waals surface area contributed by atoms with Gasteiger partial charge in [-0.1, -0.05) is 106 Å². The van der Waals surface area contributed by atoms with E-state index < -0.39 is 8.32 Å². The van der Waals surface area contributed by atoms with E-state index in [-0.39, 0.29) is 16.6 Å². The van der Waals surface area contributed by atoms with E-state index in [1.54, 1.807) is 5.57 Å². The Morgan fingerprint density at radius 2 is 1.53 bits per heavy atom. The lowest BCUT2D eigenvalue weighted by Gasteiger charge is -2.49. The molecule has 1 saturated carbocycles. The topological polar surface area (TPSA) is 9.23 Å². The number of hydrogen-bond acceptors (Lipinski definition) is 1. The molecule has 0 heterocycles. The molecule has 2 atom stereocenters. The Morgan fingerprint density at radius 3 is 2.12 bits per heavy atom. The quantitative estimate of drug-likeness (QED) is 0.181. The highest BCUT2D eigenvalue weighted by Crippen LogP contribution is 2.49. The summed E-state index contributed by atoms with van der Waals surface area (Å²) >= 11 is 2.44. The van der Waals surface area contributed by atoms with Crippen molar-refractivity contribution in [2.45, 2.75) is 69.9 Å². The van der Waals surface area contributed by atoms with Crippen molar-refractivity contribution in [2.75, 3.05) is 0 Å². The van der Waals surface area contributed by atoms with Crippen LogP contribution in [-0.4, -0.2) is 14.4 Å². The maximum Gasteiger partial charge on any atom is 0.261 e. The number of hydrogen-bond donors (Lipinski definition) is 0. The zero-order chi connectivity index (χ0) is 24.0. The van der Waals surface area contributed by atoms with Gasteiger partial charge in [-0.05, 0) is 86.9 Å². The average molecular weight is 579 g/mol. The normalized spacial score (nSPS) is 22.5. The summed E-state index contributed by atoms with van der Waals surface area (Å²) in [5, 5.41) is 2.76. The van der Waals surface area contributed by atoms with Gasteiger partial charge in [-0.15, -0.1) is 0 Å². The third-order valence-corrected chi connectivity index (χ3v) is 13.9. The van der Waals surface area contributed by atoms with Crippen molar-refractivity contribution in [3.63, 3.8) is 0 Å². The van der Waals surface area contributed by atoms with Gasteiger partial charge in [0.05, 0.1) is 0 Å². The summed E-state index contributed by atoms with van der Waals surface area (Å²) in [4.78, 5) is 0. The van der Waals surface area contributed by atoms with Gasteiger partial charge in [-0.25, -0.2) is 0 Å². The largest absolute Gasteiger partial charge is 0.404 e. The Balaban J connectivity index is 1.53. The summed E-state index contributed by atoms with van der Waals surface area (Å²) in [5.74, 6) is 0. The smallest absolute Gasteiger partial charge is 0.261 e. The van der Waals surface area contributed by atoms with E-state index >= 15 is 0 Å². The molecule has 34 heavy (non-hydrogen) atoms. The Kier molecular flexibility index (Phi) is 6.41. The van der Waals surface area contributed by atoms with Crippen LogP contribution in [0.2, 0.25) is 5.04 Å². The molecule has 0 aromatic heterocycles. The first kappa shape index (κ1) is 24.0. The van der Waals surface area contributed by atoms with Gasteiger partial charge in [0.25, 0.3) is 8.32 Å². The number of fused-ring (bicyclic) bond motifs is 3. The molecule has 5 rings (SSSR count). The molecule has 3 aromatic carbocycles. The van der Waals surface area contributed by atoms with Gasteiger partial charge in [0, 0.05) is 15.1 Å². The molecule has 0 aliphatic heterocycles. The molecule has 176 valence electrons. The molecule has 0 N–H and O–H groups in total. The van der Waals surface area contributed by atoms with Crippen molar-refractivity contribution in [2.24, 2.45) is 0 Å². The average Bonchev–Trinajstić information content (AvgIpc) is 2.83. The first-order valence-electron chi connectivity index (χ1n) is 12.5. The van der Waals surface area contributed by atoms with Crippen LogP contribution in [0, 0.1) is 3.57 Å². The summed E-state index contributed by atoms with van der Waals surface area (Å²) in [6.45, 7) is 9.60. The molecule has 0 radical (unpaired) electrons. The van der Waals surface area contributed by atoms with Gasteiger partial charge in [0.2, 0.25) is 0 Å². The Hall–Kier alpha value is -1.69. The third-order valence-electron chi connectivity index (χ3n) is 8.11. The van der Waals surface area contributed by atoms with Crippen molar-refractivity contribution in [1.29, 1.82) is 0 Å². The van der Waals surface area contributed by atoms with Gasteiger partial charge in [0.15, 0.2) is 0 Å². The number of rotatable bonds is 4. The van der Waals surface area contributed by atoms with E-state index in [2.05, 4.69) is 135 Å². The maximum atomic E-state index is 7.51. The SMILES string of the molecule is CC(C)(C)[Si](O[C@H]1CC[C@@]2(C)C(=CCc3cc(I)ccc32)C1)(c1ccccc1)c1ccccc1. The molecule has 1 nitrogen and oxygen atoms in total. The standard InChI is InChI=1S/C31H35IOSi/c1-30(2,3)34(27-11-7-5-8-12-27,28-13-9-6-10-14-28)33-26-19-20-31(4)24(22-26)16-15-23-21-25(32)17-18-29(23)31/h5-14,16-18,21,26H,15,19-20,22H2,1-4H3/t26-,31-/m0/s1. The highest BCUT2D eigenvalue weighted by atomic mass is 127. The highest BCUT2D eigenvalue weighted by molar-refractivity contribution is 14.1. The second-order valence-corrected chi connectivity index (χ2v) is 16.7. The summed E-state index contributed by atoms with van der Waals surface area (Å²) < 4.78 is 8.85. The minimum absolute atomic E-state index is 0.0146. The van der Waals surface area contributed by atoms with Crippen molar-refractivity contribution >= 4 is 41.3 Å². The van der Waals surface area contributed by atoms with Crippen molar-refractivity contribution in [3.8, 4) is 0 Å². The van der Waals surface area contributed by atoms with Crippen LogP contribution >= 0.6 is 22.6 Å². The molecule has 3 heteroatoms. The molecule has 3 aromatic rings. The number of allylic oxidation sites excluding steroid dienone is 1. The van der Waals surface area contributed by atoms with Gasteiger partial charge in [-0.3, -0.25) is 0 Å². The molecule has 0 bridgehead atoms. The van der Waals surface area contributed by atoms with E-state index in [0.29, 0.717) is 0 Å². The fraction of sp³-hybridized carbons (Fsp3) is 0.355. The van der Waals surface area contributed by atoms with E-state index in [0.717, 1.165) is 25.7 Å². The van der Waals surface area contributed by atoms with Crippen LogP contribution < -0.4 is 10.4 Å². The summed E-state index contributed by atoms with van der Waals surface area (Å²) in [7, 11) is -2.52. The predicted octanol–water partition coefficient (Wildman–Crippen LogP) is 7.16. The highest BCUT2D eigenvalue weighted by Gasteiger charge is 2.52. The predicted molar refractivity (Wildman–Crippen MR) is 155 cm³/mol. The zero-order valence-electron chi connectivity index (χ0n) is 20.8. The fourth-order valence-electron chi connectivity index (χ4n) is 6.34. The van der Waals surface area contributed by atoms with E-state index in [1.807, 2.05) is 0 Å². The molecule has 0 saturated heterocycles. The lowest BCUT2D eigenvalue weighted by molar-refractivity contribution is 0.142. The summed E-state index contributed by atoms with van der Waals surface area (Å²) in [5.41, 5.74) is 4.76. The third kappa shape index (κ3) is 4.04. The first-order chi connectivity index (χ1) is 16.2. The Bertz CT molecular complexity index is 1160. The molecule has 0 spiro atoms. The molecule has 0 amide bonds. The van der Waals surface area contributed by atoms with Crippen LogP contribution in [-0.2, 0) is 16.3 Å². The fourth-order valence-corrected chi connectivity index (χ4v) is 11.6. The lowest BCUT2D eigenvalue weighted by Crippen LogP contribution is -2.68. The lowest BCUT2D eigenvalue weighted by atomic mass is 9.63. The van der Waals surface area contributed by atoms with E-state index in [4.69, 9.17) is 4.43 Å². The van der Waals surface area contributed by atoms with Gasteiger partial charge in [0.1, 0.15) is 0 Å². The van der Waals surface area contributed by atoms with Crippen LogP contribution in [0.5, 0.6) is 0 Å². The van der Waals surface area contributed by atoms with Gasteiger partial charge in [-0.2, -0.15) is 0 Å². The van der Waals surface area contributed by atoms with Gasteiger partial charge >= 0.3 is 0 Å². The van der Waals surface area contributed by atoms with Crippen molar-refractivity contribution in [3.05, 3.63) is 105 Å². The summed E-state index contributed by atoms with van der Waals surface area (Å²) in [6.07, 6.45) is 7.09. The zero-order valence-corrected chi connectivity index (χ0v) is 23.9. The minimum atomic E-state index is -2.52. The molecular weight excluding hydrogens is 543 g/mol. The van der Waals surface area contributed by atoms with Crippen LogP contribution in [0.3, 0.4) is 0 Å². The molecule has 0 unspecified atom stereocenters. The first-order valence-corrected chi connectivity index (χ1v) is 15.5. The van der Waals surface area contributed by atoms with E-state index in [9.17, 15) is 0 Å². The molecule has 1 fully saturated rings. The van der Waals surface area contributed by atoms with Gasteiger partial charge < -0.3 is 4.43 Å². The monoisotopic (exact) mass is 578 g/mol. The Morgan fingerprint density at radius 1 is 0.912 bits per heavy atom. The number of halogens is 1. The maximum absolute atomic E-state index is 7.51. The minimum Gasteiger partial charge on any atom is -0.404 e. The number of benzene rings is 3.